The molecule has 1 saturated heterocycles. The molecule has 0 aromatic carbocycles. The Balaban J connectivity index is 1.64. The summed E-state index contributed by atoms with van der Waals surface area (Å²) in [5, 5.41) is 9.16. The number of hydrogen-bond donors (Lipinski definition) is 2. The Hall–Kier alpha value is -2.91. The number of aromatic nitrogens is 3. The Morgan fingerprint density at radius 1 is 1.26 bits per heavy atom. The van der Waals surface area contributed by atoms with Crippen LogP contribution >= 0.6 is 0 Å². The van der Waals surface area contributed by atoms with Gasteiger partial charge in [-0.15, -0.1) is 0 Å². The number of H-pyrrole nitrogens is 1. The maximum Gasteiger partial charge on any atom is 0.433 e. The lowest BCUT2D eigenvalue weighted by atomic mass is 10.0. The van der Waals surface area contributed by atoms with Crippen LogP contribution in [0.5, 0.6) is 0 Å². The maximum absolute atomic E-state index is 12.5. The lowest BCUT2D eigenvalue weighted by Crippen LogP contribution is -2.47. The van der Waals surface area contributed by atoms with Crippen LogP contribution < -0.4 is 15.8 Å². The largest absolute Gasteiger partial charge is 0.433 e. The SMILES string of the molecule is O=C(NCC1CCCCN1c1ccc(=O)[nH]n1)c1ccc(C(F)(F)F)nc1. The quantitative estimate of drug-likeness (QED) is 0.845. The molecule has 0 spiro atoms. The van der Waals surface area contributed by atoms with E-state index in [1.165, 1.54) is 6.07 Å². The number of amides is 1. The molecule has 27 heavy (non-hydrogen) atoms. The predicted molar refractivity (Wildman–Crippen MR) is 91.4 cm³/mol. The van der Waals surface area contributed by atoms with Crippen molar-refractivity contribution in [1.29, 1.82) is 0 Å². The second-order valence-corrected chi connectivity index (χ2v) is 6.26. The summed E-state index contributed by atoms with van der Waals surface area (Å²) < 4.78 is 37.6. The molecule has 0 bridgehead atoms. The lowest BCUT2D eigenvalue weighted by Gasteiger charge is -2.36. The third-order valence-electron chi connectivity index (χ3n) is 4.40. The zero-order valence-electron chi connectivity index (χ0n) is 14.3. The number of carbonyl (C=O) groups is 1. The van der Waals surface area contributed by atoms with Crippen molar-refractivity contribution in [3.63, 3.8) is 0 Å². The number of piperidine rings is 1. The standard InChI is InChI=1S/C17H18F3N5O2/c18-17(19,20)13-5-4-11(9-21-13)16(27)22-10-12-3-1-2-8-25(12)14-6-7-15(26)24-23-14/h4-7,9,12H,1-3,8,10H2,(H,22,27)(H,24,26). The number of carbonyl (C=O) groups excluding carboxylic acids is 1. The van der Waals surface area contributed by atoms with Crippen LogP contribution in [0.15, 0.2) is 35.3 Å². The number of halogens is 3. The summed E-state index contributed by atoms with van der Waals surface area (Å²) in [4.78, 5) is 28.7. The highest BCUT2D eigenvalue weighted by atomic mass is 19.4. The molecule has 0 aliphatic carbocycles. The van der Waals surface area contributed by atoms with Gasteiger partial charge >= 0.3 is 6.18 Å². The van der Waals surface area contributed by atoms with E-state index in [-0.39, 0.29) is 17.2 Å². The van der Waals surface area contributed by atoms with Gasteiger partial charge in [-0.25, -0.2) is 5.10 Å². The smallest absolute Gasteiger partial charge is 0.350 e. The van der Waals surface area contributed by atoms with Gasteiger partial charge in [0.05, 0.1) is 5.56 Å². The van der Waals surface area contributed by atoms with E-state index in [4.69, 9.17) is 0 Å². The molecule has 3 heterocycles. The number of alkyl halides is 3. The lowest BCUT2D eigenvalue weighted by molar-refractivity contribution is -0.141. The van der Waals surface area contributed by atoms with Crippen molar-refractivity contribution in [3.8, 4) is 0 Å². The normalized spacial score (nSPS) is 17.6. The van der Waals surface area contributed by atoms with Gasteiger partial charge in [0.25, 0.3) is 11.5 Å². The molecule has 1 unspecified atom stereocenters. The van der Waals surface area contributed by atoms with E-state index in [0.717, 1.165) is 44.1 Å². The van der Waals surface area contributed by atoms with Gasteiger partial charge in [-0.05, 0) is 37.5 Å². The summed E-state index contributed by atoms with van der Waals surface area (Å²) in [6, 6.07) is 4.88. The molecule has 3 rings (SSSR count). The van der Waals surface area contributed by atoms with Crippen LogP contribution in [0.25, 0.3) is 0 Å². The van der Waals surface area contributed by atoms with Crippen molar-refractivity contribution in [2.45, 2.75) is 31.5 Å². The van der Waals surface area contributed by atoms with Gasteiger partial charge in [-0.2, -0.15) is 18.3 Å². The molecule has 1 amide bonds. The highest BCUT2D eigenvalue weighted by molar-refractivity contribution is 5.93. The summed E-state index contributed by atoms with van der Waals surface area (Å²) in [6.07, 6.45) is -0.843. The predicted octanol–water partition coefficient (Wildman–Crippen LogP) is 1.97. The van der Waals surface area contributed by atoms with Crippen molar-refractivity contribution in [2.75, 3.05) is 18.0 Å². The van der Waals surface area contributed by atoms with E-state index in [9.17, 15) is 22.8 Å². The first-order valence-electron chi connectivity index (χ1n) is 8.48. The fraction of sp³-hybridized carbons (Fsp3) is 0.412. The number of nitrogens with zero attached hydrogens (tertiary/aromatic N) is 3. The topological polar surface area (TPSA) is 91.0 Å². The molecule has 1 aliphatic heterocycles. The average Bonchev–Trinajstić information content (AvgIpc) is 2.66. The molecule has 1 aliphatic rings. The molecule has 1 atom stereocenters. The van der Waals surface area contributed by atoms with Crippen molar-refractivity contribution >= 4 is 11.7 Å². The summed E-state index contributed by atoms with van der Waals surface area (Å²) in [5.41, 5.74) is -1.27. The van der Waals surface area contributed by atoms with Gasteiger partial charge in [0.2, 0.25) is 0 Å². The van der Waals surface area contributed by atoms with Crippen LogP contribution in [0.4, 0.5) is 19.0 Å². The van der Waals surface area contributed by atoms with Gasteiger partial charge in [-0.3, -0.25) is 14.6 Å². The third kappa shape index (κ3) is 4.63. The number of anilines is 1. The number of aromatic amines is 1. The Morgan fingerprint density at radius 3 is 2.70 bits per heavy atom. The van der Waals surface area contributed by atoms with Crippen molar-refractivity contribution in [1.82, 2.24) is 20.5 Å². The van der Waals surface area contributed by atoms with Crippen LogP contribution in [0.1, 0.15) is 35.3 Å². The van der Waals surface area contributed by atoms with E-state index in [0.29, 0.717) is 12.4 Å². The molecular formula is C17H18F3N5O2. The average molecular weight is 381 g/mol. The van der Waals surface area contributed by atoms with Crippen molar-refractivity contribution < 1.29 is 18.0 Å². The van der Waals surface area contributed by atoms with E-state index < -0.39 is 17.8 Å². The molecular weight excluding hydrogens is 363 g/mol. The van der Waals surface area contributed by atoms with Gasteiger partial charge in [0, 0.05) is 31.4 Å². The molecule has 0 radical (unpaired) electrons. The summed E-state index contributed by atoms with van der Waals surface area (Å²) >= 11 is 0. The van der Waals surface area contributed by atoms with Crippen molar-refractivity contribution in [3.05, 3.63) is 52.1 Å². The second-order valence-electron chi connectivity index (χ2n) is 6.26. The zero-order chi connectivity index (χ0) is 19.4. The second kappa shape index (κ2) is 7.77. The molecule has 2 N–H and O–H groups in total. The third-order valence-corrected chi connectivity index (χ3v) is 4.40. The van der Waals surface area contributed by atoms with E-state index in [2.05, 4.69) is 20.5 Å². The Morgan fingerprint density at radius 2 is 2.07 bits per heavy atom. The van der Waals surface area contributed by atoms with Crippen LogP contribution in [0, 0.1) is 0 Å². The summed E-state index contributed by atoms with van der Waals surface area (Å²) in [5.74, 6) is 0.126. The zero-order valence-corrected chi connectivity index (χ0v) is 14.3. The first kappa shape index (κ1) is 18.9. The number of nitrogens with one attached hydrogen (secondary N) is 2. The summed E-state index contributed by atoms with van der Waals surface area (Å²) in [6.45, 7) is 1.04. The van der Waals surface area contributed by atoms with Crippen molar-refractivity contribution in [2.24, 2.45) is 0 Å². The minimum atomic E-state index is -4.54. The van der Waals surface area contributed by atoms with Crippen LogP contribution in [-0.4, -0.2) is 40.2 Å². The molecule has 0 saturated carbocycles. The van der Waals surface area contributed by atoms with Gasteiger partial charge < -0.3 is 10.2 Å². The highest BCUT2D eigenvalue weighted by Gasteiger charge is 2.32. The fourth-order valence-corrected chi connectivity index (χ4v) is 3.02. The van der Waals surface area contributed by atoms with Gasteiger partial charge in [0.15, 0.2) is 0 Å². The van der Waals surface area contributed by atoms with E-state index in [1.807, 2.05) is 4.90 Å². The molecule has 144 valence electrons. The number of pyridine rings is 1. The Kier molecular flexibility index (Phi) is 5.43. The molecule has 2 aromatic heterocycles. The molecule has 7 nitrogen and oxygen atoms in total. The first-order chi connectivity index (χ1) is 12.8. The van der Waals surface area contributed by atoms with E-state index >= 15 is 0 Å². The highest BCUT2D eigenvalue weighted by Crippen LogP contribution is 2.27. The van der Waals surface area contributed by atoms with Crippen LogP contribution in [0.3, 0.4) is 0 Å². The minimum Gasteiger partial charge on any atom is -0.350 e. The maximum atomic E-state index is 12.5. The summed E-state index contributed by atoms with van der Waals surface area (Å²) in [7, 11) is 0. The molecule has 10 heteroatoms. The Labute approximate surface area is 152 Å². The van der Waals surface area contributed by atoms with E-state index in [1.54, 1.807) is 6.07 Å². The van der Waals surface area contributed by atoms with Gasteiger partial charge in [-0.1, -0.05) is 0 Å². The number of hydrogen-bond acceptors (Lipinski definition) is 5. The first-order valence-corrected chi connectivity index (χ1v) is 8.48. The van der Waals surface area contributed by atoms with Crippen LogP contribution in [-0.2, 0) is 6.18 Å². The Bertz CT molecular complexity index is 830. The monoisotopic (exact) mass is 381 g/mol. The van der Waals surface area contributed by atoms with Crippen LogP contribution in [0.2, 0.25) is 0 Å². The van der Waals surface area contributed by atoms with Gasteiger partial charge in [0.1, 0.15) is 11.5 Å². The molecule has 2 aromatic rings. The molecule has 1 fully saturated rings. The minimum absolute atomic E-state index is 0.0245. The fourth-order valence-electron chi connectivity index (χ4n) is 3.02. The number of rotatable bonds is 4.